The van der Waals surface area contributed by atoms with Crippen molar-refractivity contribution in [3.63, 3.8) is 0 Å². The van der Waals surface area contributed by atoms with Crippen LogP contribution in [0.15, 0.2) is 30.3 Å². The Morgan fingerprint density at radius 2 is 1.85 bits per heavy atom. The van der Waals surface area contributed by atoms with Gasteiger partial charge in [-0.25, -0.2) is 0 Å². The highest BCUT2D eigenvalue weighted by Gasteiger charge is 2.71. The topological polar surface area (TPSA) is 52.6 Å². The van der Waals surface area contributed by atoms with Crippen molar-refractivity contribution in [3.8, 4) is 0 Å². The van der Waals surface area contributed by atoms with Crippen molar-refractivity contribution >= 4 is 11.8 Å². The summed E-state index contributed by atoms with van der Waals surface area (Å²) < 4.78 is 0. The van der Waals surface area contributed by atoms with Gasteiger partial charge in [-0.05, 0) is 73.7 Å². The van der Waals surface area contributed by atoms with Crippen LogP contribution in [-0.4, -0.2) is 54.3 Å². The van der Waals surface area contributed by atoms with E-state index in [4.69, 9.17) is 0 Å². The van der Waals surface area contributed by atoms with Gasteiger partial charge in [0.05, 0.1) is 12.0 Å². The molecule has 1 aromatic carbocycles. The number of carbonyl (C=O) groups is 2. The number of hydrogen-bond acceptors (Lipinski definition) is 3. The summed E-state index contributed by atoms with van der Waals surface area (Å²) in [5, 5.41) is 3.11. The molecule has 1 saturated heterocycles. The molecule has 178 valence electrons. The van der Waals surface area contributed by atoms with Gasteiger partial charge in [0, 0.05) is 32.2 Å². The molecule has 5 saturated carbocycles. The molecule has 4 bridgehead atoms. The van der Waals surface area contributed by atoms with Crippen molar-refractivity contribution in [2.45, 2.75) is 64.3 Å². The minimum absolute atomic E-state index is 0.0851. The predicted molar refractivity (Wildman–Crippen MR) is 128 cm³/mol. The number of benzene rings is 1. The zero-order chi connectivity index (χ0) is 22.6. The van der Waals surface area contributed by atoms with Crippen molar-refractivity contribution < 1.29 is 9.59 Å². The third kappa shape index (κ3) is 3.53. The molecule has 33 heavy (non-hydrogen) atoms. The van der Waals surface area contributed by atoms with E-state index in [0.29, 0.717) is 11.5 Å². The van der Waals surface area contributed by atoms with Crippen molar-refractivity contribution in [1.29, 1.82) is 0 Å². The van der Waals surface area contributed by atoms with Crippen LogP contribution in [0.4, 0.5) is 0 Å². The minimum atomic E-state index is -0.166. The fourth-order valence-electron chi connectivity index (χ4n) is 8.93. The summed E-state index contributed by atoms with van der Waals surface area (Å²) >= 11 is 0. The van der Waals surface area contributed by atoms with Crippen LogP contribution in [0.25, 0.3) is 0 Å². The molecule has 5 aliphatic carbocycles. The lowest BCUT2D eigenvalue weighted by Gasteiger charge is -2.60. The van der Waals surface area contributed by atoms with Crippen LogP contribution in [0.2, 0.25) is 0 Å². The van der Waals surface area contributed by atoms with Crippen molar-refractivity contribution in [1.82, 2.24) is 15.1 Å². The van der Waals surface area contributed by atoms with Crippen LogP contribution in [0.3, 0.4) is 0 Å². The molecule has 0 aromatic heterocycles. The molecule has 2 amide bonds. The number of nitrogens with zero attached hydrogens (tertiary/aromatic N) is 2. The SMILES string of the molecule is CCCC(c1ccccc1)N1CCN(C(=O)CNC(=O)C23CC4CC5CC(C4)(C2)C5C3)CC1. The summed E-state index contributed by atoms with van der Waals surface area (Å²) in [5.74, 6) is 2.71. The Morgan fingerprint density at radius 3 is 2.61 bits per heavy atom. The second kappa shape index (κ2) is 8.11. The van der Waals surface area contributed by atoms with Gasteiger partial charge in [0.1, 0.15) is 0 Å². The molecule has 1 aromatic rings. The Hall–Kier alpha value is -1.88. The van der Waals surface area contributed by atoms with Gasteiger partial charge >= 0.3 is 0 Å². The molecule has 7 rings (SSSR count). The zero-order valence-electron chi connectivity index (χ0n) is 20.1. The van der Waals surface area contributed by atoms with E-state index in [9.17, 15) is 9.59 Å². The van der Waals surface area contributed by atoms with E-state index < -0.39 is 0 Å². The second-order valence-electron chi connectivity index (χ2n) is 11.9. The van der Waals surface area contributed by atoms with Gasteiger partial charge in [-0.1, -0.05) is 43.7 Å². The standard InChI is InChI=1S/C28H39N3O2/c1-2-6-24(21-7-4-3-5-8-21)30-9-11-31(12-10-30)25(32)18-29-26(33)28-15-20-13-22-16-27(14-20,19-28)23(22)17-28/h3-5,7-8,20,22-24H,2,6,9-19H2,1H3,(H,29,33). The summed E-state index contributed by atoms with van der Waals surface area (Å²) in [7, 11) is 0. The monoisotopic (exact) mass is 449 g/mol. The van der Waals surface area contributed by atoms with Gasteiger partial charge < -0.3 is 10.2 Å². The molecule has 1 aliphatic heterocycles. The number of rotatable bonds is 7. The number of hydrogen-bond donors (Lipinski definition) is 1. The lowest BCUT2D eigenvalue weighted by molar-refractivity contribution is -0.143. The lowest BCUT2D eigenvalue weighted by atomic mass is 9.44. The minimum Gasteiger partial charge on any atom is -0.347 e. The fraction of sp³-hybridized carbons (Fsp3) is 0.714. The van der Waals surface area contributed by atoms with Crippen molar-refractivity contribution in [2.24, 2.45) is 28.6 Å². The lowest BCUT2D eigenvalue weighted by Crippen LogP contribution is -2.54. The first-order chi connectivity index (χ1) is 16.0. The molecule has 6 fully saturated rings. The van der Waals surface area contributed by atoms with Crippen LogP contribution in [0.5, 0.6) is 0 Å². The molecule has 1 spiro atoms. The second-order valence-corrected chi connectivity index (χ2v) is 11.9. The summed E-state index contributed by atoms with van der Waals surface area (Å²) in [6.07, 6.45) is 9.63. The van der Waals surface area contributed by atoms with Gasteiger partial charge in [-0.2, -0.15) is 0 Å². The molecular weight excluding hydrogens is 410 g/mol. The maximum Gasteiger partial charge on any atom is 0.242 e. The highest BCUT2D eigenvalue weighted by atomic mass is 16.2. The Kier molecular flexibility index (Phi) is 5.32. The Bertz CT molecular complexity index is 909. The number of nitrogens with one attached hydrogen (secondary N) is 1. The molecule has 6 atom stereocenters. The van der Waals surface area contributed by atoms with Crippen LogP contribution < -0.4 is 5.32 Å². The molecule has 1 N–H and O–H groups in total. The van der Waals surface area contributed by atoms with E-state index in [1.165, 1.54) is 24.8 Å². The van der Waals surface area contributed by atoms with Gasteiger partial charge in [0.25, 0.3) is 0 Å². The van der Waals surface area contributed by atoms with Gasteiger partial charge in [-0.3, -0.25) is 14.5 Å². The number of piperazine rings is 1. The first-order valence-corrected chi connectivity index (χ1v) is 13.4. The third-order valence-electron chi connectivity index (χ3n) is 10.1. The normalized spacial score (nSPS) is 37.5. The van der Waals surface area contributed by atoms with E-state index in [0.717, 1.165) is 76.0 Å². The summed E-state index contributed by atoms with van der Waals surface area (Å²) in [4.78, 5) is 30.8. The molecule has 0 radical (unpaired) electrons. The van der Waals surface area contributed by atoms with Gasteiger partial charge in [-0.15, -0.1) is 0 Å². The van der Waals surface area contributed by atoms with Gasteiger partial charge in [0.2, 0.25) is 11.8 Å². The quantitative estimate of drug-likeness (QED) is 0.684. The summed E-state index contributed by atoms with van der Waals surface area (Å²) in [6.45, 7) is 5.71. The van der Waals surface area contributed by atoms with Crippen LogP contribution in [-0.2, 0) is 9.59 Å². The van der Waals surface area contributed by atoms with E-state index in [1.54, 1.807) is 0 Å². The molecular formula is C28H39N3O2. The highest BCUT2D eigenvalue weighted by molar-refractivity contribution is 5.88. The molecule has 6 aliphatic rings. The first kappa shape index (κ1) is 21.6. The average molecular weight is 450 g/mol. The first-order valence-electron chi connectivity index (χ1n) is 13.4. The van der Waals surface area contributed by atoms with E-state index >= 15 is 0 Å². The Morgan fingerprint density at radius 1 is 1.06 bits per heavy atom. The average Bonchev–Trinajstić information content (AvgIpc) is 2.96. The smallest absolute Gasteiger partial charge is 0.242 e. The fourth-order valence-corrected chi connectivity index (χ4v) is 8.93. The molecule has 5 heteroatoms. The summed E-state index contributed by atoms with van der Waals surface area (Å²) in [5.41, 5.74) is 1.71. The van der Waals surface area contributed by atoms with Gasteiger partial charge in [0.15, 0.2) is 0 Å². The maximum absolute atomic E-state index is 13.3. The van der Waals surface area contributed by atoms with Crippen LogP contribution in [0, 0.1) is 28.6 Å². The summed E-state index contributed by atoms with van der Waals surface area (Å²) in [6, 6.07) is 11.2. The van der Waals surface area contributed by atoms with E-state index in [1.807, 2.05) is 4.90 Å². The third-order valence-corrected chi connectivity index (χ3v) is 10.1. The number of amides is 2. The maximum atomic E-state index is 13.3. The largest absolute Gasteiger partial charge is 0.347 e. The highest BCUT2D eigenvalue weighted by Crippen LogP contribution is 2.78. The van der Waals surface area contributed by atoms with Crippen LogP contribution >= 0.6 is 0 Å². The van der Waals surface area contributed by atoms with E-state index in [-0.39, 0.29) is 23.8 Å². The predicted octanol–water partition coefficient (Wildman–Crippen LogP) is 4.00. The number of fused-ring (bicyclic) bond motifs is 1. The number of carbonyl (C=O) groups excluding carboxylic acids is 2. The zero-order valence-corrected chi connectivity index (χ0v) is 20.1. The Labute approximate surface area is 198 Å². The molecule has 6 unspecified atom stereocenters. The molecule has 5 nitrogen and oxygen atoms in total. The Balaban J connectivity index is 1.02. The molecule has 1 heterocycles. The van der Waals surface area contributed by atoms with Crippen LogP contribution in [0.1, 0.15) is 69.9 Å². The van der Waals surface area contributed by atoms with Crippen molar-refractivity contribution in [3.05, 3.63) is 35.9 Å². The van der Waals surface area contributed by atoms with E-state index in [2.05, 4.69) is 47.5 Å². The van der Waals surface area contributed by atoms with Crippen molar-refractivity contribution in [2.75, 3.05) is 32.7 Å².